The van der Waals surface area contributed by atoms with Gasteiger partial charge in [-0.3, -0.25) is 4.90 Å². The average molecular weight is 343 g/mol. The normalized spacial score (nSPS) is 16.4. The van der Waals surface area contributed by atoms with Crippen LogP contribution in [0.2, 0.25) is 0 Å². The maximum absolute atomic E-state index is 13.3. The molecule has 1 N–H and O–H groups in total. The van der Waals surface area contributed by atoms with E-state index in [0.717, 1.165) is 42.8 Å². The second-order valence-corrected chi connectivity index (χ2v) is 6.39. The number of nitrogens with zero attached hydrogens (tertiary/aromatic N) is 4. The van der Waals surface area contributed by atoms with Gasteiger partial charge in [0, 0.05) is 31.9 Å². The van der Waals surface area contributed by atoms with E-state index in [0.29, 0.717) is 12.6 Å². The van der Waals surface area contributed by atoms with Crippen LogP contribution in [-0.2, 0) is 6.54 Å². The number of anilines is 1. The fourth-order valence-corrected chi connectivity index (χ4v) is 3.30. The zero-order valence-corrected chi connectivity index (χ0v) is 13.7. The van der Waals surface area contributed by atoms with Gasteiger partial charge in [-0.15, -0.1) is 0 Å². The highest BCUT2D eigenvalue weighted by Crippen LogP contribution is 2.20. The van der Waals surface area contributed by atoms with Crippen molar-refractivity contribution in [2.24, 2.45) is 0 Å². The number of rotatable bonds is 4. The smallest absolute Gasteiger partial charge is 0.159 e. The van der Waals surface area contributed by atoms with Crippen molar-refractivity contribution in [3.05, 3.63) is 60.1 Å². The van der Waals surface area contributed by atoms with Crippen molar-refractivity contribution in [2.45, 2.75) is 25.4 Å². The quantitative estimate of drug-likeness (QED) is 0.791. The number of hydrogen-bond acceptors (Lipinski definition) is 4. The number of likely N-dealkylation sites (tertiary alicyclic amines) is 1. The molecule has 0 spiro atoms. The van der Waals surface area contributed by atoms with Crippen LogP contribution < -0.4 is 5.32 Å². The van der Waals surface area contributed by atoms with Gasteiger partial charge in [-0.05, 0) is 42.7 Å². The minimum absolute atomic E-state index is 0.342. The van der Waals surface area contributed by atoms with E-state index >= 15 is 0 Å². The predicted molar refractivity (Wildman–Crippen MR) is 91.3 cm³/mol. The Kier molecular flexibility index (Phi) is 4.31. The molecule has 0 aliphatic carbocycles. The van der Waals surface area contributed by atoms with Crippen LogP contribution in [0.5, 0.6) is 0 Å². The molecule has 25 heavy (non-hydrogen) atoms. The van der Waals surface area contributed by atoms with E-state index in [-0.39, 0.29) is 0 Å². The van der Waals surface area contributed by atoms with E-state index in [1.807, 2.05) is 18.3 Å². The predicted octanol–water partition coefficient (Wildman–Crippen LogP) is 3.08. The number of benzene rings is 1. The molecule has 1 fully saturated rings. The number of fused-ring (bicyclic) bond motifs is 1. The van der Waals surface area contributed by atoms with Crippen LogP contribution in [-0.4, -0.2) is 38.6 Å². The van der Waals surface area contributed by atoms with Crippen LogP contribution in [0.25, 0.3) is 5.52 Å². The molecular weight excluding hydrogens is 324 g/mol. The first-order valence-corrected chi connectivity index (χ1v) is 8.40. The summed E-state index contributed by atoms with van der Waals surface area (Å²) < 4.78 is 28.1. The number of nitrogens with one attached hydrogen (secondary N) is 1. The molecule has 3 aromatic rings. The lowest BCUT2D eigenvalue weighted by atomic mass is 10.0. The van der Waals surface area contributed by atoms with Gasteiger partial charge in [0.25, 0.3) is 0 Å². The van der Waals surface area contributed by atoms with Crippen LogP contribution in [0.15, 0.2) is 42.9 Å². The molecule has 1 aliphatic rings. The largest absolute Gasteiger partial charge is 0.365 e. The average Bonchev–Trinajstić information content (AvgIpc) is 3.10. The number of piperidine rings is 1. The Labute approximate surface area is 144 Å². The highest BCUT2D eigenvalue weighted by Gasteiger charge is 2.20. The lowest BCUT2D eigenvalue weighted by Gasteiger charge is -2.32. The SMILES string of the molecule is Fc1ccc(CN2CCC(Nc3ncnn4cccc34)CC2)cc1F. The molecule has 7 heteroatoms. The van der Waals surface area contributed by atoms with Gasteiger partial charge in [0.05, 0.1) is 0 Å². The Balaban J connectivity index is 1.35. The van der Waals surface area contributed by atoms with Gasteiger partial charge >= 0.3 is 0 Å². The molecule has 4 rings (SSSR count). The van der Waals surface area contributed by atoms with Crippen molar-refractivity contribution in [2.75, 3.05) is 18.4 Å². The van der Waals surface area contributed by atoms with E-state index in [9.17, 15) is 8.78 Å². The molecule has 0 atom stereocenters. The van der Waals surface area contributed by atoms with E-state index < -0.39 is 11.6 Å². The lowest BCUT2D eigenvalue weighted by molar-refractivity contribution is 0.211. The van der Waals surface area contributed by atoms with Gasteiger partial charge in [-0.2, -0.15) is 5.10 Å². The third kappa shape index (κ3) is 3.46. The maximum atomic E-state index is 13.3. The van der Waals surface area contributed by atoms with E-state index in [1.165, 1.54) is 12.1 Å². The molecule has 2 aromatic heterocycles. The Morgan fingerprint density at radius 1 is 1.12 bits per heavy atom. The Morgan fingerprint density at radius 2 is 1.96 bits per heavy atom. The zero-order chi connectivity index (χ0) is 17.2. The molecule has 0 radical (unpaired) electrons. The summed E-state index contributed by atoms with van der Waals surface area (Å²) in [6, 6.07) is 8.39. The van der Waals surface area contributed by atoms with Crippen molar-refractivity contribution in [3.8, 4) is 0 Å². The summed E-state index contributed by atoms with van der Waals surface area (Å²) in [7, 11) is 0. The highest BCUT2D eigenvalue weighted by atomic mass is 19.2. The van der Waals surface area contributed by atoms with Crippen LogP contribution in [0, 0.1) is 11.6 Å². The fourth-order valence-electron chi connectivity index (χ4n) is 3.30. The molecule has 0 amide bonds. The second kappa shape index (κ2) is 6.76. The number of halogens is 2. The molecule has 1 aromatic carbocycles. The molecule has 1 saturated heterocycles. The molecule has 5 nitrogen and oxygen atoms in total. The molecular formula is C18H19F2N5. The molecule has 1 aliphatic heterocycles. The van der Waals surface area contributed by atoms with Gasteiger partial charge in [0.2, 0.25) is 0 Å². The minimum Gasteiger partial charge on any atom is -0.365 e. The van der Waals surface area contributed by atoms with Gasteiger partial charge < -0.3 is 5.32 Å². The second-order valence-electron chi connectivity index (χ2n) is 6.39. The summed E-state index contributed by atoms with van der Waals surface area (Å²) in [5.74, 6) is -0.735. The molecule has 0 saturated carbocycles. The van der Waals surface area contributed by atoms with Crippen molar-refractivity contribution < 1.29 is 8.78 Å². The van der Waals surface area contributed by atoms with Crippen LogP contribution in [0.3, 0.4) is 0 Å². The van der Waals surface area contributed by atoms with Crippen molar-refractivity contribution in [1.82, 2.24) is 19.5 Å². The summed E-state index contributed by atoms with van der Waals surface area (Å²) in [6.07, 6.45) is 5.39. The summed E-state index contributed by atoms with van der Waals surface area (Å²) in [5.41, 5.74) is 1.77. The topological polar surface area (TPSA) is 45.5 Å². The van der Waals surface area contributed by atoms with E-state index in [2.05, 4.69) is 20.3 Å². The van der Waals surface area contributed by atoms with Crippen molar-refractivity contribution in [3.63, 3.8) is 0 Å². The minimum atomic E-state index is -0.798. The number of hydrogen-bond donors (Lipinski definition) is 1. The summed E-state index contributed by atoms with van der Waals surface area (Å²) >= 11 is 0. The summed E-state index contributed by atoms with van der Waals surface area (Å²) in [5, 5.41) is 7.67. The van der Waals surface area contributed by atoms with Gasteiger partial charge in [-0.1, -0.05) is 6.07 Å². The highest BCUT2D eigenvalue weighted by molar-refractivity contribution is 5.67. The van der Waals surface area contributed by atoms with Gasteiger partial charge in [0.1, 0.15) is 11.8 Å². The third-order valence-corrected chi connectivity index (χ3v) is 4.65. The van der Waals surface area contributed by atoms with E-state index in [1.54, 1.807) is 16.9 Å². The van der Waals surface area contributed by atoms with Gasteiger partial charge in [-0.25, -0.2) is 18.3 Å². The van der Waals surface area contributed by atoms with Gasteiger partial charge in [0.15, 0.2) is 17.5 Å². The van der Waals surface area contributed by atoms with Crippen LogP contribution >= 0.6 is 0 Å². The molecule has 130 valence electrons. The van der Waals surface area contributed by atoms with Crippen LogP contribution in [0.4, 0.5) is 14.6 Å². The first kappa shape index (κ1) is 16.0. The standard InChI is InChI=1S/C18H19F2N5/c19-15-4-3-13(10-16(15)20)11-24-8-5-14(6-9-24)23-18-17-2-1-7-25(17)22-12-21-18/h1-4,7,10,12,14H,5-6,8-9,11H2,(H,21,22,23). The van der Waals surface area contributed by atoms with Crippen molar-refractivity contribution in [1.29, 1.82) is 0 Å². The van der Waals surface area contributed by atoms with Crippen molar-refractivity contribution >= 4 is 11.3 Å². The monoisotopic (exact) mass is 343 g/mol. The first-order chi connectivity index (χ1) is 12.2. The summed E-state index contributed by atoms with van der Waals surface area (Å²) in [6.45, 7) is 2.44. The Bertz CT molecular complexity index is 871. The molecule has 0 unspecified atom stereocenters. The molecule has 0 bridgehead atoms. The Hall–Kier alpha value is -2.54. The Morgan fingerprint density at radius 3 is 2.76 bits per heavy atom. The number of aromatic nitrogens is 3. The zero-order valence-electron chi connectivity index (χ0n) is 13.7. The lowest BCUT2D eigenvalue weighted by Crippen LogP contribution is -2.38. The maximum Gasteiger partial charge on any atom is 0.159 e. The molecule has 3 heterocycles. The van der Waals surface area contributed by atoms with E-state index in [4.69, 9.17) is 0 Å². The fraction of sp³-hybridized carbons (Fsp3) is 0.333. The van der Waals surface area contributed by atoms with Crippen LogP contribution in [0.1, 0.15) is 18.4 Å². The summed E-state index contributed by atoms with van der Waals surface area (Å²) in [4.78, 5) is 6.61. The third-order valence-electron chi connectivity index (χ3n) is 4.65. The first-order valence-electron chi connectivity index (χ1n) is 8.40.